The number of carbonyl (C=O) groups excluding carboxylic acids is 1. The molecule has 2 aliphatic carbocycles. The van der Waals surface area contributed by atoms with Gasteiger partial charge in [0.2, 0.25) is 0 Å². The van der Waals surface area contributed by atoms with Crippen LogP contribution < -0.4 is 15.8 Å². The Balaban J connectivity index is 1.40. The highest BCUT2D eigenvalue weighted by Crippen LogP contribution is 2.44. The molecule has 1 saturated carbocycles. The minimum absolute atomic E-state index is 0.135. The average Bonchev–Trinajstić information content (AvgIpc) is 2.67. The van der Waals surface area contributed by atoms with Crippen LogP contribution in [0.5, 0.6) is 5.75 Å². The monoisotopic (exact) mass is 438 g/mol. The maximum Gasteiger partial charge on any atom is 0.407 e. The van der Waals surface area contributed by atoms with Crippen molar-refractivity contribution in [3.8, 4) is 17.0 Å². The second-order valence-corrected chi connectivity index (χ2v) is 10.6. The summed E-state index contributed by atoms with van der Waals surface area (Å²) in [7, 11) is 0. The van der Waals surface area contributed by atoms with Crippen LogP contribution in [0.2, 0.25) is 0 Å². The Labute approximate surface area is 190 Å². The van der Waals surface area contributed by atoms with Gasteiger partial charge in [0, 0.05) is 17.2 Å². The van der Waals surface area contributed by atoms with Gasteiger partial charge in [0.05, 0.1) is 11.8 Å². The van der Waals surface area contributed by atoms with Gasteiger partial charge in [0.15, 0.2) is 0 Å². The molecule has 4 rings (SSSR count). The number of benzene rings is 1. The van der Waals surface area contributed by atoms with Crippen molar-refractivity contribution in [3.05, 3.63) is 35.7 Å². The summed E-state index contributed by atoms with van der Waals surface area (Å²) in [6, 6.07) is 6.38. The third-order valence-electron chi connectivity index (χ3n) is 6.22. The van der Waals surface area contributed by atoms with Gasteiger partial charge in [-0.25, -0.2) is 14.8 Å². The van der Waals surface area contributed by atoms with E-state index in [-0.39, 0.29) is 23.7 Å². The molecule has 172 valence electrons. The molecule has 32 heavy (non-hydrogen) atoms. The number of alkyl carbamates (subject to hydrolysis) is 1. The zero-order valence-corrected chi connectivity index (χ0v) is 19.7. The summed E-state index contributed by atoms with van der Waals surface area (Å²) in [6.45, 7) is 9.98. The van der Waals surface area contributed by atoms with Gasteiger partial charge in [-0.3, -0.25) is 0 Å². The third-order valence-corrected chi connectivity index (χ3v) is 6.22. The van der Waals surface area contributed by atoms with E-state index in [0.29, 0.717) is 5.82 Å². The molecule has 1 aromatic carbocycles. The summed E-state index contributed by atoms with van der Waals surface area (Å²) in [6.07, 6.45) is 5.75. The maximum absolute atomic E-state index is 12.0. The van der Waals surface area contributed by atoms with Crippen molar-refractivity contribution in [2.24, 2.45) is 0 Å². The molecule has 0 saturated heterocycles. The summed E-state index contributed by atoms with van der Waals surface area (Å²) in [5.41, 5.74) is 9.83. The van der Waals surface area contributed by atoms with Crippen molar-refractivity contribution in [2.45, 2.75) is 89.9 Å². The molecule has 7 heteroatoms. The van der Waals surface area contributed by atoms with Crippen LogP contribution in [-0.4, -0.2) is 33.8 Å². The number of nitrogens with one attached hydrogen (secondary N) is 1. The van der Waals surface area contributed by atoms with Crippen molar-refractivity contribution >= 4 is 11.9 Å². The summed E-state index contributed by atoms with van der Waals surface area (Å²) in [4.78, 5) is 20.8. The van der Waals surface area contributed by atoms with E-state index < -0.39 is 5.60 Å². The fourth-order valence-electron chi connectivity index (χ4n) is 4.85. The van der Waals surface area contributed by atoms with Crippen LogP contribution in [0.4, 0.5) is 10.6 Å². The van der Waals surface area contributed by atoms with Crippen LogP contribution in [0.15, 0.2) is 24.5 Å². The van der Waals surface area contributed by atoms with E-state index in [1.807, 2.05) is 26.8 Å². The number of hydrogen-bond acceptors (Lipinski definition) is 6. The number of amides is 1. The molecule has 7 nitrogen and oxygen atoms in total. The number of fused-ring (bicyclic) bond motifs is 3. The summed E-state index contributed by atoms with van der Waals surface area (Å²) < 4.78 is 11.7. The standard InChI is InChI=1S/C25H34N4O3/c1-24(2,3)32-23(30)29-16-6-8-17(9-7-16)31-18-10-11-19-15(12-18)13-25(4,5)20-21(19)27-14-28-22(20)26/h10-12,14,16-17H,6-9,13H2,1-5H3,(H,29,30)(H2,26,27,28)/t16-,17-. The molecule has 2 aromatic rings. The third kappa shape index (κ3) is 4.81. The molecular formula is C25H34N4O3. The zero-order chi connectivity index (χ0) is 23.1. The highest BCUT2D eigenvalue weighted by Gasteiger charge is 2.35. The zero-order valence-electron chi connectivity index (χ0n) is 19.7. The van der Waals surface area contributed by atoms with Crippen LogP contribution in [0.1, 0.15) is 71.4 Å². The highest BCUT2D eigenvalue weighted by molar-refractivity contribution is 5.76. The Kier molecular flexibility index (Phi) is 5.77. The topological polar surface area (TPSA) is 99.4 Å². The highest BCUT2D eigenvalue weighted by atomic mass is 16.6. The van der Waals surface area contributed by atoms with Gasteiger partial charge in [0.25, 0.3) is 0 Å². The lowest BCUT2D eigenvalue weighted by atomic mass is 9.72. The van der Waals surface area contributed by atoms with Crippen LogP contribution >= 0.6 is 0 Å². The quantitative estimate of drug-likeness (QED) is 0.716. The normalized spacial score (nSPS) is 21.8. The molecule has 0 spiro atoms. The van der Waals surface area contributed by atoms with Crippen molar-refractivity contribution in [3.63, 3.8) is 0 Å². The first kappa shape index (κ1) is 22.4. The smallest absolute Gasteiger partial charge is 0.407 e. The molecule has 1 amide bonds. The molecule has 0 radical (unpaired) electrons. The molecule has 0 bridgehead atoms. The van der Waals surface area contributed by atoms with Crippen LogP contribution in [0, 0.1) is 0 Å². The number of rotatable bonds is 3. The lowest BCUT2D eigenvalue weighted by molar-refractivity contribution is 0.0471. The van der Waals surface area contributed by atoms with Gasteiger partial charge < -0.3 is 20.5 Å². The Morgan fingerprint density at radius 1 is 1.16 bits per heavy atom. The number of carbonyl (C=O) groups is 1. The number of anilines is 1. The number of nitrogens with zero attached hydrogens (tertiary/aromatic N) is 2. The number of ether oxygens (including phenoxy) is 2. The second kappa shape index (κ2) is 8.26. The second-order valence-electron chi connectivity index (χ2n) is 10.6. The van der Waals surface area contributed by atoms with E-state index in [2.05, 4.69) is 41.3 Å². The van der Waals surface area contributed by atoms with E-state index in [1.165, 1.54) is 11.9 Å². The maximum atomic E-state index is 12.0. The Morgan fingerprint density at radius 2 is 1.88 bits per heavy atom. The molecule has 0 atom stereocenters. The predicted molar refractivity (Wildman–Crippen MR) is 125 cm³/mol. The Hall–Kier alpha value is -2.83. The average molecular weight is 439 g/mol. The first-order valence-electron chi connectivity index (χ1n) is 11.4. The Bertz CT molecular complexity index is 1000. The van der Waals surface area contributed by atoms with E-state index in [0.717, 1.165) is 54.7 Å². The van der Waals surface area contributed by atoms with Gasteiger partial charge in [-0.05, 0) is 82.1 Å². The van der Waals surface area contributed by atoms with E-state index >= 15 is 0 Å². The van der Waals surface area contributed by atoms with Gasteiger partial charge in [-0.15, -0.1) is 0 Å². The molecule has 3 N–H and O–H groups in total. The molecule has 1 fully saturated rings. The van der Waals surface area contributed by atoms with E-state index in [4.69, 9.17) is 15.2 Å². The van der Waals surface area contributed by atoms with E-state index in [1.54, 1.807) is 0 Å². The number of nitrogens with two attached hydrogens (primary N) is 1. The SMILES string of the molecule is CC(C)(C)OC(=O)N[C@H]1CC[C@H](Oc2ccc3c(c2)CC(C)(C)c2c(N)ncnc2-3)CC1. The van der Waals surface area contributed by atoms with Gasteiger partial charge >= 0.3 is 6.09 Å². The van der Waals surface area contributed by atoms with E-state index in [9.17, 15) is 4.79 Å². The molecule has 0 aliphatic heterocycles. The lowest BCUT2D eigenvalue weighted by Crippen LogP contribution is -2.42. The first-order chi connectivity index (χ1) is 15.0. The minimum atomic E-state index is -0.482. The summed E-state index contributed by atoms with van der Waals surface area (Å²) in [5.74, 6) is 1.44. The van der Waals surface area contributed by atoms with Crippen LogP contribution in [0.25, 0.3) is 11.3 Å². The number of nitrogen functional groups attached to an aromatic ring is 1. The van der Waals surface area contributed by atoms with Gasteiger partial charge in [-0.2, -0.15) is 0 Å². The lowest BCUT2D eigenvalue weighted by Gasteiger charge is -2.34. The van der Waals surface area contributed by atoms with Crippen molar-refractivity contribution in [1.82, 2.24) is 15.3 Å². The summed E-state index contributed by atoms with van der Waals surface area (Å²) >= 11 is 0. The fourth-order valence-corrected chi connectivity index (χ4v) is 4.85. The Morgan fingerprint density at radius 3 is 2.56 bits per heavy atom. The summed E-state index contributed by atoms with van der Waals surface area (Å²) in [5, 5.41) is 2.98. The molecule has 1 heterocycles. The number of aromatic nitrogens is 2. The van der Waals surface area contributed by atoms with Crippen molar-refractivity contribution in [2.75, 3.05) is 5.73 Å². The van der Waals surface area contributed by atoms with Crippen molar-refractivity contribution < 1.29 is 14.3 Å². The van der Waals surface area contributed by atoms with Crippen LogP contribution in [-0.2, 0) is 16.6 Å². The molecule has 0 unspecified atom stereocenters. The molecule has 2 aliphatic rings. The number of hydrogen-bond donors (Lipinski definition) is 2. The predicted octanol–water partition coefficient (Wildman–Crippen LogP) is 4.77. The van der Waals surface area contributed by atoms with Crippen molar-refractivity contribution in [1.29, 1.82) is 0 Å². The first-order valence-corrected chi connectivity index (χ1v) is 11.4. The van der Waals surface area contributed by atoms with Gasteiger partial charge in [0.1, 0.15) is 23.5 Å². The van der Waals surface area contributed by atoms with Gasteiger partial charge in [-0.1, -0.05) is 13.8 Å². The molecule has 1 aromatic heterocycles. The van der Waals surface area contributed by atoms with Crippen LogP contribution in [0.3, 0.4) is 0 Å². The largest absolute Gasteiger partial charge is 0.490 e. The molecular weight excluding hydrogens is 404 g/mol. The minimum Gasteiger partial charge on any atom is -0.490 e. The fraction of sp³-hybridized carbons (Fsp3) is 0.560.